The Morgan fingerprint density at radius 1 is 1.50 bits per heavy atom. The second kappa shape index (κ2) is 7.14. The lowest BCUT2D eigenvalue weighted by Crippen LogP contribution is -2.56. The summed E-state index contributed by atoms with van der Waals surface area (Å²) in [7, 11) is 0. The molecule has 16 heavy (non-hydrogen) atoms. The van der Waals surface area contributed by atoms with Crippen LogP contribution in [0.4, 0.5) is 0 Å². The van der Waals surface area contributed by atoms with Crippen LogP contribution in [-0.2, 0) is 4.79 Å². The molecule has 0 radical (unpaired) electrons. The summed E-state index contributed by atoms with van der Waals surface area (Å²) in [5, 5.41) is 15.2. The summed E-state index contributed by atoms with van der Waals surface area (Å²) in [4.78, 5) is 11.9. The van der Waals surface area contributed by atoms with Crippen LogP contribution in [0.25, 0.3) is 0 Å². The van der Waals surface area contributed by atoms with E-state index in [1.165, 1.54) is 0 Å². The minimum Gasteiger partial charge on any atom is -0.395 e. The highest BCUT2D eigenvalue weighted by Crippen LogP contribution is 2.11. The topological polar surface area (TPSA) is 61.4 Å². The van der Waals surface area contributed by atoms with E-state index in [4.69, 9.17) is 5.11 Å². The van der Waals surface area contributed by atoms with E-state index in [9.17, 15) is 4.79 Å². The van der Waals surface area contributed by atoms with Gasteiger partial charge in [-0.25, -0.2) is 0 Å². The molecule has 0 bridgehead atoms. The van der Waals surface area contributed by atoms with E-state index in [1.807, 2.05) is 34.0 Å². The number of carbonyl (C=O) groups is 1. The zero-order chi connectivity index (χ0) is 12.8. The zero-order valence-electron chi connectivity index (χ0n) is 10.8. The molecule has 0 heterocycles. The van der Waals surface area contributed by atoms with Gasteiger partial charge in [-0.2, -0.15) is 11.8 Å². The summed E-state index contributed by atoms with van der Waals surface area (Å²) in [6.45, 7) is 8.41. The molecule has 0 saturated heterocycles. The Hall–Kier alpha value is -0.260. The number of rotatable bonds is 7. The summed E-state index contributed by atoms with van der Waals surface area (Å²) in [6, 6.07) is -0.0366. The van der Waals surface area contributed by atoms with Crippen molar-refractivity contribution in [2.45, 2.75) is 44.5 Å². The lowest BCUT2D eigenvalue weighted by Gasteiger charge is -2.29. The molecular formula is C11H24N2O2S. The number of carbonyl (C=O) groups excluding carboxylic acids is 1. The second-order valence-electron chi connectivity index (χ2n) is 4.37. The number of likely N-dealkylation sites (N-methyl/N-ethyl adjacent to an activating group) is 1. The fourth-order valence-electron chi connectivity index (χ4n) is 1.44. The summed E-state index contributed by atoms with van der Waals surface area (Å²) in [6.07, 6.45) is 1.93. The fraction of sp³-hybridized carbons (Fsp3) is 0.909. The molecule has 1 amide bonds. The van der Waals surface area contributed by atoms with Crippen LogP contribution in [0.2, 0.25) is 0 Å². The number of hydrogen-bond acceptors (Lipinski definition) is 4. The maximum Gasteiger partial charge on any atom is 0.239 e. The van der Waals surface area contributed by atoms with Crippen LogP contribution in [0.3, 0.4) is 0 Å². The van der Waals surface area contributed by atoms with Crippen molar-refractivity contribution in [2.75, 3.05) is 19.4 Å². The van der Waals surface area contributed by atoms with Gasteiger partial charge in [0.15, 0.2) is 0 Å². The molecule has 3 N–H and O–H groups in total. The van der Waals surface area contributed by atoms with Gasteiger partial charge >= 0.3 is 0 Å². The molecule has 0 spiro atoms. The average Bonchev–Trinajstić information content (AvgIpc) is 2.19. The molecule has 0 aromatic carbocycles. The van der Waals surface area contributed by atoms with E-state index in [0.717, 1.165) is 6.54 Å². The van der Waals surface area contributed by atoms with Gasteiger partial charge in [-0.15, -0.1) is 0 Å². The fourth-order valence-corrected chi connectivity index (χ4v) is 2.06. The van der Waals surface area contributed by atoms with Crippen LogP contribution in [0, 0.1) is 0 Å². The third kappa shape index (κ3) is 4.72. The van der Waals surface area contributed by atoms with E-state index < -0.39 is 5.54 Å². The molecule has 0 aromatic rings. The Morgan fingerprint density at radius 2 is 2.06 bits per heavy atom. The van der Waals surface area contributed by atoms with Gasteiger partial charge < -0.3 is 15.7 Å². The average molecular weight is 248 g/mol. The van der Waals surface area contributed by atoms with Gasteiger partial charge in [0.25, 0.3) is 0 Å². The summed E-state index contributed by atoms with van der Waals surface area (Å²) < 4.78 is 0. The molecule has 0 aliphatic rings. The molecule has 0 aliphatic heterocycles. The monoisotopic (exact) mass is 248 g/mol. The molecular weight excluding hydrogens is 224 g/mol. The SMILES string of the molecule is CCNC(C)(C)C(=O)NC(C)C(CO)SC. The zero-order valence-corrected chi connectivity index (χ0v) is 11.6. The summed E-state index contributed by atoms with van der Waals surface area (Å²) >= 11 is 1.56. The summed E-state index contributed by atoms with van der Waals surface area (Å²) in [5.74, 6) is -0.0330. The second-order valence-corrected chi connectivity index (χ2v) is 5.45. The third-order valence-corrected chi connectivity index (χ3v) is 3.75. The van der Waals surface area contributed by atoms with E-state index in [1.54, 1.807) is 11.8 Å². The van der Waals surface area contributed by atoms with Crippen LogP contribution >= 0.6 is 11.8 Å². The van der Waals surface area contributed by atoms with Crippen molar-refractivity contribution in [1.29, 1.82) is 0 Å². The molecule has 0 saturated carbocycles. The van der Waals surface area contributed by atoms with Crippen molar-refractivity contribution >= 4 is 17.7 Å². The lowest BCUT2D eigenvalue weighted by atomic mass is 10.0. The smallest absolute Gasteiger partial charge is 0.239 e. The molecule has 0 aliphatic carbocycles. The predicted molar refractivity (Wildman–Crippen MR) is 69.7 cm³/mol. The first-order valence-electron chi connectivity index (χ1n) is 5.58. The normalized spacial score (nSPS) is 15.6. The summed E-state index contributed by atoms with van der Waals surface area (Å²) in [5.41, 5.74) is -0.568. The van der Waals surface area contributed by atoms with E-state index in [-0.39, 0.29) is 23.8 Å². The Labute approximate surface area is 103 Å². The molecule has 5 heteroatoms. The Kier molecular flexibility index (Phi) is 7.03. The quantitative estimate of drug-likeness (QED) is 0.617. The number of amides is 1. The molecule has 2 atom stereocenters. The third-order valence-electron chi connectivity index (χ3n) is 2.59. The van der Waals surface area contributed by atoms with Gasteiger partial charge in [-0.1, -0.05) is 6.92 Å². The van der Waals surface area contributed by atoms with Gasteiger partial charge in [0.2, 0.25) is 5.91 Å². The van der Waals surface area contributed by atoms with Crippen LogP contribution in [0.15, 0.2) is 0 Å². The molecule has 0 aromatic heterocycles. The van der Waals surface area contributed by atoms with Crippen LogP contribution in [0.5, 0.6) is 0 Å². The van der Waals surface area contributed by atoms with Gasteiger partial charge in [-0.05, 0) is 33.6 Å². The number of aliphatic hydroxyl groups is 1. The van der Waals surface area contributed by atoms with E-state index in [0.29, 0.717) is 0 Å². The van der Waals surface area contributed by atoms with Crippen LogP contribution in [0.1, 0.15) is 27.7 Å². The molecule has 2 unspecified atom stereocenters. The van der Waals surface area contributed by atoms with E-state index in [2.05, 4.69) is 10.6 Å². The first-order chi connectivity index (χ1) is 7.38. The number of aliphatic hydroxyl groups excluding tert-OH is 1. The first-order valence-corrected chi connectivity index (χ1v) is 6.87. The van der Waals surface area contributed by atoms with Crippen molar-refractivity contribution in [3.8, 4) is 0 Å². The largest absolute Gasteiger partial charge is 0.395 e. The number of thioether (sulfide) groups is 1. The highest BCUT2D eigenvalue weighted by atomic mass is 32.2. The van der Waals surface area contributed by atoms with Crippen molar-refractivity contribution in [3.63, 3.8) is 0 Å². The number of nitrogens with one attached hydrogen (secondary N) is 2. The van der Waals surface area contributed by atoms with Crippen LogP contribution < -0.4 is 10.6 Å². The Balaban J connectivity index is 4.32. The van der Waals surface area contributed by atoms with Gasteiger partial charge in [0.1, 0.15) is 0 Å². The van der Waals surface area contributed by atoms with Crippen molar-refractivity contribution in [3.05, 3.63) is 0 Å². The maximum absolute atomic E-state index is 11.9. The maximum atomic E-state index is 11.9. The predicted octanol–water partition coefficient (Wildman–Crippen LogP) is 0.603. The standard InChI is InChI=1S/C11H24N2O2S/c1-6-12-11(3,4)10(15)13-8(2)9(7-14)16-5/h8-9,12,14H,6-7H2,1-5H3,(H,13,15). The number of hydrogen-bond donors (Lipinski definition) is 3. The Bertz CT molecular complexity index is 218. The van der Waals surface area contributed by atoms with Crippen molar-refractivity contribution in [1.82, 2.24) is 10.6 Å². The van der Waals surface area contributed by atoms with E-state index >= 15 is 0 Å². The van der Waals surface area contributed by atoms with Crippen molar-refractivity contribution < 1.29 is 9.90 Å². The lowest BCUT2D eigenvalue weighted by molar-refractivity contribution is -0.127. The Morgan fingerprint density at radius 3 is 2.44 bits per heavy atom. The highest BCUT2D eigenvalue weighted by molar-refractivity contribution is 7.99. The molecule has 4 nitrogen and oxygen atoms in total. The molecule has 0 fully saturated rings. The first kappa shape index (κ1) is 15.7. The van der Waals surface area contributed by atoms with Crippen molar-refractivity contribution in [2.24, 2.45) is 0 Å². The molecule has 0 rings (SSSR count). The van der Waals surface area contributed by atoms with Gasteiger partial charge in [-0.3, -0.25) is 4.79 Å². The minimum atomic E-state index is -0.568. The minimum absolute atomic E-state index is 0.0330. The highest BCUT2D eigenvalue weighted by Gasteiger charge is 2.28. The molecule has 96 valence electrons. The van der Waals surface area contributed by atoms with Crippen LogP contribution in [-0.4, -0.2) is 47.3 Å². The van der Waals surface area contributed by atoms with Gasteiger partial charge in [0.05, 0.1) is 12.1 Å². The van der Waals surface area contributed by atoms with Gasteiger partial charge in [0, 0.05) is 11.3 Å².